The highest BCUT2D eigenvalue weighted by Gasteiger charge is 2.58. The molecule has 0 bridgehead atoms. The van der Waals surface area contributed by atoms with Crippen LogP contribution in [0.2, 0.25) is 0 Å². The molecule has 1 aliphatic heterocycles. The van der Waals surface area contributed by atoms with Crippen molar-refractivity contribution in [2.75, 3.05) is 0 Å². The summed E-state index contributed by atoms with van der Waals surface area (Å²) in [5, 5.41) is 1.40. The van der Waals surface area contributed by atoms with Gasteiger partial charge in [0.2, 0.25) is 0 Å². The molecule has 0 saturated heterocycles. The van der Waals surface area contributed by atoms with E-state index in [2.05, 4.69) is 26.8 Å². The second-order valence-corrected chi connectivity index (χ2v) is 8.48. The number of allylic oxidation sites excluding steroid dienone is 3. The summed E-state index contributed by atoms with van der Waals surface area (Å²) in [5.41, 5.74) is 2.50. The maximum Gasteiger partial charge on any atom is 0.175 e. The standard InChI is InChI=1S/C14H20O2S/c1-13(2)8-7-12-14(3)10(9-17(12,15)16)5-4-6-11(13)14/h6,9,12H,4-5,7-8H2,1-3H3. The topological polar surface area (TPSA) is 34.1 Å². The van der Waals surface area contributed by atoms with E-state index in [1.54, 1.807) is 5.41 Å². The normalized spacial score (nSPS) is 41.5. The molecule has 0 amide bonds. The van der Waals surface area contributed by atoms with E-state index >= 15 is 0 Å². The average Bonchev–Trinajstić information content (AvgIpc) is 2.38. The average molecular weight is 252 g/mol. The molecule has 0 spiro atoms. The zero-order chi connectivity index (χ0) is 12.5. The molecule has 0 N–H and O–H groups in total. The second-order valence-electron chi connectivity index (χ2n) is 6.50. The first kappa shape index (κ1) is 11.5. The predicted molar refractivity (Wildman–Crippen MR) is 69.2 cm³/mol. The van der Waals surface area contributed by atoms with Crippen molar-refractivity contribution in [1.82, 2.24) is 0 Å². The minimum Gasteiger partial charge on any atom is -0.224 e. The van der Waals surface area contributed by atoms with E-state index in [-0.39, 0.29) is 16.1 Å². The molecular formula is C14H20O2S. The van der Waals surface area contributed by atoms with Crippen LogP contribution in [0.4, 0.5) is 0 Å². The summed E-state index contributed by atoms with van der Waals surface area (Å²) in [5.74, 6) is 0. The van der Waals surface area contributed by atoms with Gasteiger partial charge in [0.05, 0.1) is 5.25 Å². The van der Waals surface area contributed by atoms with Crippen LogP contribution in [0, 0.1) is 10.8 Å². The number of hydrogen-bond donors (Lipinski definition) is 0. The van der Waals surface area contributed by atoms with Crippen LogP contribution in [0.3, 0.4) is 0 Å². The highest BCUT2D eigenvalue weighted by Crippen LogP contribution is 2.61. The van der Waals surface area contributed by atoms with Crippen LogP contribution >= 0.6 is 0 Å². The maximum absolute atomic E-state index is 12.3. The predicted octanol–water partition coefficient (Wildman–Crippen LogP) is 3.21. The Morgan fingerprint density at radius 3 is 2.71 bits per heavy atom. The smallest absolute Gasteiger partial charge is 0.175 e. The van der Waals surface area contributed by atoms with E-state index in [9.17, 15) is 8.42 Å². The highest BCUT2D eigenvalue weighted by molar-refractivity contribution is 7.95. The molecule has 0 aromatic rings. The van der Waals surface area contributed by atoms with Crippen LogP contribution < -0.4 is 0 Å². The lowest BCUT2D eigenvalue weighted by Gasteiger charge is -2.50. The van der Waals surface area contributed by atoms with Crippen LogP contribution in [0.15, 0.2) is 22.6 Å². The van der Waals surface area contributed by atoms with Crippen LogP contribution in [0.1, 0.15) is 46.5 Å². The molecule has 17 heavy (non-hydrogen) atoms. The molecule has 1 heterocycles. The van der Waals surface area contributed by atoms with Crippen molar-refractivity contribution in [2.45, 2.75) is 51.7 Å². The third-order valence-corrected chi connectivity index (χ3v) is 7.21. The molecule has 94 valence electrons. The van der Waals surface area contributed by atoms with E-state index < -0.39 is 9.84 Å². The van der Waals surface area contributed by atoms with Gasteiger partial charge in [-0.3, -0.25) is 0 Å². The van der Waals surface area contributed by atoms with Gasteiger partial charge in [-0.25, -0.2) is 8.42 Å². The summed E-state index contributed by atoms with van der Waals surface area (Å²) in [6, 6.07) is 0. The molecule has 2 aliphatic carbocycles. The highest BCUT2D eigenvalue weighted by atomic mass is 32.2. The molecule has 0 radical (unpaired) electrons. The van der Waals surface area contributed by atoms with E-state index in [1.165, 1.54) is 5.57 Å². The fourth-order valence-corrected chi connectivity index (χ4v) is 6.55. The molecule has 2 unspecified atom stereocenters. The molecule has 0 aromatic heterocycles. The van der Waals surface area contributed by atoms with Crippen molar-refractivity contribution in [1.29, 1.82) is 0 Å². The van der Waals surface area contributed by atoms with Gasteiger partial charge in [0, 0.05) is 10.8 Å². The van der Waals surface area contributed by atoms with E-state index in [0.29, 0.717) is 0 Å². The molecule has 1 fully saturated rings. The Morgan fingerprint density at radius 1 is 1.29 bits per heavy atom. The minimum atomic E-state index is -3.01. The Labute approximate surface area is 104 Å². The lowest BCUT2D eigenvalue weighted by atomic mass is 9.55. The van der Waals surface area contributed by atoms with E-state index in [0.717, 1.165) is 31.3 Å². The summed E-state index contributed by atoms with van der Waals surface area (Å²) in [6.45, 7) is 6.67. The van der Waals surface area contributed by atoms with E-state index in [1.807, 2.05) is 0 Å². The zero-order valence-electron chi connectivity index (χ0n) is 10.8. The van der Waals surface area contributed by atoms with Gasteiger partial charge in [-0.2, -0.15) is 0 Å². The first-order valence-corrected chi connectivity index (χ1v) is 8.05. The Morgan fingerprint density at radius 2 is 2.00 bits per heavy atom. The summed E-state index contributed by atoms with van der Waals surface area (Å²) in [6.07, 6.45) is 6.03. The Kier molecular flexibility index (Phi) is 2.07. The number of rotatable bonds is 0. The quantitative estimate of drug-likeness (QED) is 0.620. The molecule has 2 atom stereocenters. The SMILES string of the molecule is CC1(C)CCC2C3(C)C(=CS2(=O)=O)CCC=C13. The Bertz CT molecular complexity index is 537. The van der Waals surface area contributed by atoms with Crippen LogP contribution in [-0.4, -0.2) is 13.7 Å². The van der Waals surface area contributed by atoms with Crippen molar-refractivity contribution >= 4 is 9.84 Å². The Hall–Kier alpha value is -0.570. The fraction of sp³-hybridized carbons (Fsp3) is 0.714. The van der Waals surface area contributed by atoms with Gasteiger partial charge in [0.1, 0.15) is 0 Å². The fourth-order valence-electron chi connectivity index (χ4n) is 4.25. The summed E-state index contributed by atoms with van der Waals surface area (Å²) >= 11 is 0. The van der Waals surface area contributed by atoms with Gasteiger partial charge in [-0.05, 0) is 36.7 Å². The van der Waals surface area contributed by atoms with Crippen molar-refractivity contribution < 1.29 is 8.42 Å². The molecule has 2 nitrogen and oxygen atoms in total. The second kappa shape index (κ2) is 3.05. The minimum absolute atomic E-state index is 0.157. The lowest BCUT2D eigenvalue weighted by molar-refractivity contribution is 0.226. The monoisotopic (exact) mass is 252 g/mol. The van der Waals surface area contributed by atoms with Crippen molar-refractivity contribution in [3.05, 3.63) is 22.6 Å². The van der Waals surface area contributed by atoms with Crippen LogP contribution in [0.25, 0.3) is 0 Å². The van der Waals surface area contributed by atoms with Gasteiger partial charge in [-0.1, -0.05) is 32.4 Å². The van der Waals surface area contributed by atoms with Crippen LogP contribution in [0.5, 0.6) is 0 Å². The van der Waals surface area contributed by atoms with Crippen molar-refractivity contribution in [2.24, 2.45) is 10.8 Å². The van der Waals surface area contributed by atoms with Gasteiger partial charge in [-0.15, -0.1) is 0 Å². The maximum atomic E-state index is 12.3. The number of sulfone groups is 1. The summed E-state index contributed by atoms with van der Waals surface area (Å²) in [7, 11) is -3.01. The zero-order valence-corrected chi connectivity index (χ0v) is 11.6. The van der Waals surface area contributed by atoms with Crippen LogP contribution in [-0.2, 0) is 9.84 Å². The third-order valence-electron chi connectivity index (χ3n) is 5.10. The number of hydrogen-bond acceptors (Lipinski definition) is 2. The molecule has 3 rings (SSSR count). The molecular weight excluding hydrogens is 232 g/mol. The van der Waals surface area contributed by atoms with Gasteiger partial charge in [0.25, 0.3) is 0 Å². The van der Waals surface area contributed by atoms with Gasteiger partial charge in [0.15, 0.2) is 9.84 Å². The first-order chi connectivity index (χ1) is 7.78. The molecule has 3 heteroatoms. The van der Waals surface area contributed by atoms with Gasteiger partial charge < -0.3 is 0 Å². The molecule has 3 aliphatic rings. The molecule has 1 saturated carbocycles. The summed E-state index contributed by atoms with van der Waals surface area (Å²) in [4.78, 5) is 0. The first-order valence-electron chi connectivity index (χ1n) is 6.44. The van der Waals surface area contributed by atoms with E-state index in [4.69, 9.17) is 0 Å². The van der Waals surface area contributed by atoms with Crippen molar-refractivity contribution in [3.63, 3.8) is 0 Å². The third kappa shape index (κ3) is 1.29. The molecule has 0 aromatic carbocycles. The van der Waals surface area contributed by atoms with Gasteiger partial charge >= 0.3 is 0 Å². The summed E-state index contributed by atoms with van der Waals surface area (Å²) < 4.78 is 24.5. The lowest BCUT2D eigenvalue weighted by Crippen LogP contribution is -2.46. The Balaban J connectivity index is 2.25. The van der Waals surface area contributed by atoms with Crippen molar-refractivity contribution in [3.8, 4) is 0 Å². The largest absolute Gasteiger partial charge is 0.224 e.